The summed E-state index contributed by atoms with van der Waals surface area (Å²) in [5.74, 6) is 2.59. The molecule has 0 aromatic heterocycles. The van der Waals surface area contributed by atoms with Gasteiger partial charge in [0.15, 0.2) is 0 Å². The monoisotopic (exact) mass is 340 g/mol. The van der Waals surface area contributed by atoms with Crippen LogP contribution in [0.4, 0.5) is 0 Å². The summed E-state index contributed by atoms with van der Waals surface area (Å²) in [5, 5.41) is 0. The molecule has 0 N–H and O–H groups in total. The van der Waals surface area contributed by atoms with Gasteiger partial charge in [0.05, 0.1) is 13.2 Å². The van der Waals surface area contributed by atoms with Crippen molar-refractivity contribution in [2.45, 2.75) is 33.6 Å². The molecule has 2 aromatic carbocycles. The largest absolute Gasteiger partial charge is 0.493 e. The van der Waals surface area contributed by atoms with Crippen molar-refractivity contribution in [3.05, 3.63) is 47.5 Å². The molecule has 25 heavy (non-hydrogen) atoms. The van der Waals surface area contributed by atoms with Gasteiger partial charge in [-0.05, 0) is 74.9 Å². The molecule has 3 rings (SSSR count). The Morgan fingerprint density at radius 3 is 2.52 bits per heavy atom. The summed E-state index contributed by atoms with van der Waals surface area (Å²) in [6.45, 7) is 8.93. The normalized spacial score (nSPS) is 13.7. The van der Waals surface area contributed by atoms with E-state index in [1.807, 2.05) is 13.0 Å². The molecule has 0 unspecified atom stereocenters. The highest BCUT2D eigenvalue weighted by Gasteiger charge is 2.22. The first kappa shape index (κ1) is 17.8. The zero-order valence-electron chi connectivity index (χ0n) is 15.5. The standard InChI is InChI=1S/C22H28O3/c1-4-23-11-12-24-22-10-5-16(2)13-21(22)20-14-19(9-6-17(20)3)25-15-18-7-8-18/h5-6,9-10,13-14,18H,4,7-8,11-12,15H2,1-3H3. The van der Waals surface area contributed by atoms with Crippen LogP contribution >= 0.6 is 0 Å². The summed E-state index contributed by atoms with van der Waals surface area (Å²) >= 11 is 0. The van der Waals surface area contributed by atoms with Crippen molar-refractivity contribution in [3.8, 4) is 22.6 Å². The van der Waals surface area contributed by atoms with Crippen molar-refractivity contribution in [2.24, 2.45) is 5.92 Å². The quantitative estimate of drug-likeness (QED) is 0.589. The minimum Gasteiger partial charge on any atom is -0.493 e. The summed E-state index contributed by atoms with van der Waals surface area (Å²) in [4.78, 5) is 0. The highest BCUT2D eigenvalue weighted by Crippen LogP contribution is 2.36. The summed E-state index contributed by atoms with van der Waals surface area (Å²) < 4.78 is 17.3. The first-order valence-corrected chi connectivity index (χ1v) is 9.22. The fourth-order valence-electron chi connectivity index (χ4n) is 2.81. The lowest BCUT2D eigenvalue weighted by Crippen LogP contribution is -2.07. The van der Waals surface area contributed by atoms with Crippen LogP contribution in [0, 0.1) is 19.8 Å². The zero-order valence-corrected chi connectivity index (χ0v) is 15.5. The molecule has 0 amide bonds. The van der Waals surface area contributed by atoms with E-state index in [-0.39, 0.29) is 0 Å². The van der Waals surface area contributed by atoms with Crippen LogP contribution in [0.2, 0.25) is 0 Å². The molecule has 3 heteroatoms. The second-order valence-electron chi connectivity index (χ2n) is 6.78. The van der Waals surface area contributed by atoms with Gasteiger partial charge < -0.3 is 14.2 Å². The Balaban J connectivity index is 1.83. The van der Waals surface area contributed by atoms with Gasteiger partial charge in [-0.2, -0.15) is 0 Å². The number of rotatable bonds is 9. The van der Waals surface area contributed by atoms with E-state index in [4.69, 9.17) is 14.2 Å². The van der Waals surface area contributed by atoms with Crippen LogP contribution < -0.4 is 9.47 Å². The van der Waals surface area contributed by atoms with Gasteiger partial charge in [-0.15, -0.1) is 0 Å². The molecule has 2 aromatic rings. The smallest absolute Gasteiger partial charge is 0.127 e. The van der Waals surface area contributed by atoms with Gasteiger partial charge in [0.2, 0.25) is 0 Å². The van der Waals surface area contributed by atoms with Crippen molar-refractivity contribution >= 4 is 0 Å². The van der Waals surface area contributed by atoms with Crippen LogP contribution in [0.1, 0.15) is 30.9 Å². The molecule has 1 fully saturated rings. The van der Waals surface area contributed by atoms with E-state index in [1.165, 1.54) is 29.5 Å². The van der Waals surface area contributed by atoms with Crippen molar-refractivity contribution in [2.75, 3.05) is 26.4 Å². The van der Waals surface area contributed by atoms with Crippen molar-refractivity contribution in [1.29, 1.82) is 0 Å². The lowest BCUT2D eigenvalue weighted by atomic mass is 9.98. The SMILES string of the molecule is CCOCCOc1ccc(C)cc1-c1cc(OCC2CC2)ccc1C. The second kappa shape index (κ2) is 8.39. The zero-order chi connectivity index (χ0) is 17.6. The third kappa shape index (κ3) is 4.99. The van der Waals surface area contributed by atoms with Crippen LogP contribution in [-0.4, -0.2) is 26.4 Å². The second-order valence-corrected chi connectivity index (χ2v) is 6.78. The molecule has 0 saturated heterocycles. The van der Waals surface area contributed by atoms with Crippen molar-refractivity contribution in [3.63, 3.8) is 0 Å². The van der Waals surface area contributed by atoms with Crippen molar-refractivity contribution < 1.29 is 14.2 Å². The van der Waals surface area contributed by atoms with Crippen LogP contribution in [0.15, 0.2) is 36.4 Å². The molecule has 0 heterocycles. The molecule has 0 radical (unpaired) electrons. The molecule has 0 bridgehead atoms. The van der Waals surface area contributed by atoms with Crippen LogP contribution in [0.25, 0.3) is 11.1 Å². The van der Waals surface area contributed by atoms with Gasteiger partial charge in [-0.1, -0.05) is 17.7 Å². The van der Waals surface area contributed by atoms with Crippen LogP contribution in [0.3, 0.4) is 0 Å². The number of aryl methyl sites for hydroxylation is 2. The van der Waals surface area contributed by atoms with Gasteiger partial charge in [0.1, 0.15) is 18.1 Å². The predicted molar refractivity (Wildman–Crippen MR) is 102 cm³/mol. The fourth-order valence-corrected chi connectivity index (χ4v) is 2.81. The first-order chi connectivity index (χ1) is 12.2. The molecular formula is C22H28O3. The summed E-state index contributed by atoms with van der Waals surface area (Å²) in [7, 11) is 0. The topological polar surface area (TPSA) is 27.7 Å². The predicted octanol–water partition coefficient (Wildman–Crippen LogP) is 5.17. The Morgan fingerprint density at radius 2 is 1.76 bits per heavy atom. The third-order valence-electron chi connectivity index (χ3n) is 4.51. The van der Waals surface area contributed by atoms with E-state index < -0.39 is 0 Å². The van der Waals surface area contributed by atoms with Gasteiger partial charge in [0, 0.05) is 12.2 Å². The van der Waals surface area contributed by atoms with Gasteiger partial charge in [0.25, 0.3) is 0 Å². The molecule has 1 aliphatic rings. The molecule has 3 nitrogen and oxygen atoms in total. The maximum atomic E-state index is 5.99. The Morgan fingerprint density at radius 1 is 0.920 bits per heavy atom. The summed E-state index contributed by atoms with van der Waals surface area (Å²) in [5.41, 5.74) is 4.73. The maximum Gasteiger partial charge on any atom is 0.127 e. The van der Waals surface area contributed by atoms with Crippen LogP contribution in [0.5, 0.6) is 11.5 Å². The number of hydrogen-bond acceptors (Lipinski definition) is 3. The van der Waals surface area contributed by atoms with E-state index in [0.29, 0.717) is 19.8 Å². The van der Waals surface area contributed by atoms with E-state index in [0.717, 1.165) is 29.6 Å². The van der Waals surface area contributed by atoms with E-state index >= 15 is 0 Å². The molecule has 0 aliphatic heterocycles. The lowest BCUT2D eigenvalue weighted by Gasteiger charge is -2.16. The van der Waals surface area contributed by atoms with E-state index in [2.05, 4.69) is 44.2 Å². The highest BCUT2D eigenvalue weighted by atomic mass is 16.5. The molecule has 0 atom stereocenters. The molecular weight excluding hydrogens is 312 g/mol. The number of benzene rings is 2. The summed E-state index contributed by atoms with van der Waals surface area (Å²) in [6.07, 6.45) is 2.60. The molecule has 0 spiro atoms. The highest BCUT2D eigenvalue weighted by molar-refractivity contribution is 5.75. The number of hydrogen-bond donors (Lipinski definition) is 0. The Hall–Kier alpha value is -2.00. The Bertz CT molecular complexity index is 704. The fraction of sp³-hybridized carbons (Fsp3) is 0.455. The van der Waals surface area contributed by atoms with Gasteiger partial charge >= 0.3 is 0 Å². The maximum absolute atomic E-state index is 5.99. The molecule has 1 saturated carbocycles. The Kier molecular flexibility index (Phi) is 5.98. The van der Waals surface area contributed by atoms with Crippen LogP contribution in [-0.2, 0) is 4.74 Å². The van der Waals surface area contributed by atoms with Gasteiger partial charge in [-0.25, -0.2) is 0 Å². The number of ether oxygens (including phenoxy) is 3. The minimum absolute atomic E-state index is 0.556. The van der Waals surface area contributed by atoms with Gasteiger partial charge in [-0.3, -0.25) is 0 Å². The van der Waals surface area contributed by atoms with Crippen molar-refractivity contribution in [1.82, 2.24) is 0 Å². The van der Waals surface area contributed by atoms with E-state index in [1.54, 1.807) is 0 Å². The summed E-state index contributed by atoms with van der Waals surface area (Å²) in [6, 6.07) is 12.7. The molecule has 1 aliphatic carbocycles. The minimum atomic E-state index is 0.556. The average Bonchev–Trinajstić information content (AvgIpc) is 3.43. The lowest BCUT2D eigenvalue weighted by molar-refractivity contribution is 0.110. The molecule has 134 valence electrons. The third-order valence-corrected chi connectivity index (χ3v) is 4.51. The average molecular weight is 340 g/mol. The van der Waals surface area contributed by atoms with E-state index in [9.17, 15) is 0 Å². The first-order valence-electron chi connectivity index (χ1n) is 9.22. The Labute approximate surface area is 150 Å².